The van der Waals surface area contributed by atoms with Gasteiger partial charge in [0, 0.05) is 11.1 Å². The fourth-order valence-corrected chi connectivity index (χ4v) is 1.99. The van der Waals surface area contributed by atoms with Crippen molar-refractivity contribution in [2.24, 2.45) is 9.98 Å². The summed E-state index contributed by atoms with van der Waals surface area (Å²) in [4.78, 5) is 8.67. The van der Waals surface area contributed by atoms with E-state index in [1.54, 1.807) is 0 Å². The molecule has 0 unspecified atom stereocenters. The van der Waals surface area contributed by atoms with Crippen molar-refractivity contribution in [1.82, 2.24) is 0 Å². The Bertz CT molecular complexity index is 506. The SMILES string of the molecule is Cc1ccc(C2=NCCO2)cc1C1=NCCO1. The summed E-state index contributed by atoms with van der Waals surface area (Å²) in [6.07, 6.45) is 0. The Balaban J connectivity index is 2.00. The van der Waals surface area contributed by atoms with Crippen LogP contribution in [0.25, 0.3) is 0 Å². The van der Waals surface area contributed by atoms with Gasteiger partial charge in [-0.1, -0.05) is 6.07 Å². The summed E-state index contributed by atoms with van der Waals surface area (Å²) in [7, 11) is 0. The number of aryl methyl sites for hydroxylation is 1. The van der Waals surface area contributed by atoms with Crippen LogP contribution in [0, 0.1) is 6.92 Å². The zero-order valence-electron chi connectivity index (χ0n) is 9.77. The minimum absolute atomic E-state index is 0.677. The van der Waals surface area contributed by atoms with Crippen LogP contribution in [0.1, 0.15) is 16.7 Å². The minimum Gasteiger partial charge on any atom is -0.476 e. The fraction of sp³-hybridized carbons (Fsp3) is 0.385. The van der Waals surface area contributed by atoms with Gasteiger partial charge in [0.15, 0.2) is 0 Å². The van der Waals surface area contributed by atoms with Crippen molar-refractivity contribution in [3.8, 4) is 0 Å². The average molecular weight is 230 g/mol. The van der Waals surface area contributed by atoms with Gasteiger partial charge in [0.05, 0.1) is 13.1 Å². The number of benzene rings is 1. The van der Waals surface area contributed by atoms with Crippen molar-refractivity contribution in [2.45, 2.75) is 6.92 Å². The van der Waals surface area contributed by atoms with Crippen molar-refractivity contribution in [1.29, 1.82) is 0 Å². The summed E-state index contributed by atoms with van der Waals surface area (Å²) in [6.45, 7) is 4.90. The first-order valence-electron chi connectivity index (χ1n) is 5.80. The monoisotopic (exact) mass is 230 g/mol. The zero-order chi connectivity index (χ0) is 11.7. The van der Waals surface area contributed by atoms with Gasteiger partial charge in [-0.3, -0.25) is 0 Å². The van der Waals surface area contributed by atoms with E-state index in [9.17, 15) is 0 Å². The maximum Gasteiger partial charge on any atom is 0.216 e. The normalized spacial score (nSPS) is 18.4. The maximum absolute atomic E-state index is 5.51. The highest BCUT2D eigenvalue weighted by atomic mass is 16.5. The van der Waals surface area contributed by atoms with E-state index < -0.39 is 0 Å². The molecule has 3 rings (SSSR count). The Kier molecular flexibility index (Phi) is 2.55. The summed E-state index contributed by atoms with van der Waals surface area (Å²) in [6, 6.07) is 6.13. The fourth-order valence-electron chi connectivity index (χ4n) is 1.99. The van der Waals surface area contributed by atoms with Crippen LogP contribution in [-0.2, 0) is 9.47 Å². The van der Waals surface area contributed by atoms with Crippen molar-refractivity contribution < 1.29 is 9.47 Å². The molecular formula is C13H14N2O2. The highest BCUT2D eigenvalue weighted by Gasteiger charge is 2.16. The minimum atomic E-state index is 0.677. The molecule has 88 valence electrons. The quantitative estimate of drug-likeness (QED) is 0.773. The maximum atomic E-state index is 5.51. The highest BCUT2D eigenvalue weighted by molar-refractivity contribution is 6.01. The van der Waals surface area contributed by atoms with E-state index in [4.69, 9.17) is 9.47 Å². The standard InChI is InChI=1S/C13H14N2O2/c1-9-2-3-10(12-14-4-6-16-12)8-11(9)13-15-5-7-17-13/h2-3,8H,4-7H2,1H3. The largest absolute Gasteiger partial charge is 0.476 e. The van der Waals surface area contributed by atoms with E-state index in [1.807, 2.05) is 12.1 Å². The molecule has 0 saturated carbocycles. The van der Waals surface area contributed by atoms with Crippen LogP contribution >= 0.6 is 0 Å². The van der Waals surface area contributed by atoms with Crippen LogP contribution < -0.4 is 0 Å². The summed E-state index contributed by atoms with van der Waals surface area (Å²) < 4.78 is 11.0. The Morgan fingerprint density at radius 1 is 1.00 bits per heavy atom. The molecular weight excluding hydrogens is 216 g/mol. The van der Waals surface area contributed by atoms with Crippen LogP contribution in [0.5, 0.6) is 0 Å². The predicted molar refractivity (Wildman–Crippen MR) is 65.9 cm³/mol. The molecule has 0 N–H and O–H groups in total. The van der Waals surface area contributed by atoms with Crippen LogP contribution in [0.2, 0.25) is 0 Å². The van der Waals surface area contributed by atoms with Gasteiger partial charge in [-0.05, 0) is 24.6 Å². The van der Waals surface area contributed by atoms with Gasteiger partial charge in [-0.25, -0.2) is 9.98 Å². The van der Waals surface area contributed by atoms with Gasteiger partial charge in [0.2, 0.25) is 11.8 Å². The number of rotatable bonds is 2. The van der Waals surface area contributed by atoms with Gasteiger partial charge in [0.25, 0.3) is 0 Å². The number of ether oxygens (including phenoxy) is 2. The molecule has 0 aliphatic carbocycles. The summed E-state index contributed by atoms with van der Waals surface area (Å²) in [5.74, 6) is 1.47. The Morgan fingerprint density at radius 2 is 1.71 bits per heavy atom. The van der Waals surface area contributed by atoms with Gasteiger partial charge in [-0.2, -0.15) is 0 Å². The van der Waals surface area contributed by atoms with Crippen molar-refractivity contribution in [2.75, 3.05) is 26.3 Å². The Morgan fingerprint density at radius 3 is 2.35 bits per heavy atom. The van der Waals surface area contributed by atoms with Gasteiger partial charge in [0.1, 0.15) is 13.2 Å². The number of hydrogen-bond acceptors (Lipinski definition) is 4. The second-order valence-corrected chi connectivity index (χ2v) is 4.10. The summed E-state index contributed by atoms with van der Waals surface area (Å²) >= 11 is 0. The van der Waals surface area contributed by atoms with Crippen LogP contribution in [0.15, 0.2) is 28.2 Å². The Hall–Kier alpha value is -1.84. The molecule has 1 aromatic carbocycles. The summed E-state index contributed by atoms with van der Waals surface area (Å²) in [5.41, 5.74) is 3.20. The van der Waals surface area contributed by atoms with Crippen LogP contribution in [-0.4, -0.2) is 38.1 Å². The topological polar surface area (TPSA) is 43.2 Å². The molecule has 0 fully saturated rings. The lowest BCUT2D eigenvalue weighted by Gasteiger charge is -2.08. The lowest BCUT2D eigenvalue weighted by molar-refractivity contribution is 0.347. The van der Waals surface area contributed by atoms with Crippen LogP contribution in [0.4, 0.5) is 0 Å². The molecule has 4 heteroatoms. The predicted octanol–water partition coefficient (Wildman–Crippen LogP) is 1.55. The molecule has 4 nitrogen and oxygen atoms in total. The third kappa shape index (κ3) is 1.90. The van der Waals surface area contributed by atoms with E-state index in [-0.39, 0.29) is 0 Å². The molecule has 1 aromatic rings. The van der Waals surface area contributed by atoms with Crippen molar-refractivity contribution in [3.05, 3.63) is 34.9 Å². The summed E-state index contributed by atoms with van der Waals surface area (Å²) in [5, 5.41) is 0. The second kappa shape index (κ2) is 4.20. The number of hydrogen-bond donors (Lipinski definition) is 0. The third-order valence-electron chi connectivity index (χ3n) is 2.89. The lowest BCUT2D eigenvalue weighted by atomic mass is 10.0. The van der Waals surface area contributed by atoms with Crippen molar-refractivity contribution in [3.63, 3.8) is 0 Å². The zero-order valence-corrected chi connectivity index (χ0v) is 9.77. The molecule has 0 aromatic heterocycles. The van der Waals surface area contributed by atoms with E-state index in [0.717, 1.165) is 41.6 Å². The molecule has 0 atom stereocenters. The molecule has 0 amide bonds. The molecule has 2 aliphatic heterocycles. The molecule has 0 bridgehead atoms. The molecule has 0 saturated heterocycles. The first-order valence-corrected chi connectivity index (χ1v) is 5.80. The van der Waals surface area contributed by atoms with Gasteiger partial charge in [-0.15, -0.1) is 0 Å². The van der Waals surface area contributed by atoms with Gasteiger partial charge >= 0.3 is 0 Å². The van der Waals surface area contributed by atoms with E-state index in [0.29, 0.717) is 13.2 Å². The molecule has 2 heterocycles. The molecule has 0 spiro atoms. The van der Waals surface area contributed by atoms with E-state index in [1.165, 1.54) is 0 Å². The first kappa shape index (κ1) is 10.3. The van der Waals surface area contributed by atoms with Crippen LogP contribution in [0.3, 0.4) is 0 Å². The van der Waals surface area contributed by atoms with E-state index in [2.05, 4.69) is 23.0 Å². The number of aliphatic imine (C=N–C) groups is 2. The second-order valence-electron chi connectivity index (χ2n) is 4.10. The molecule has 0 radical (unpaired) electrons. The number of nitrogens with zero attached hydrogens (tertiary/aromatic N) is 2. The van der Waals surface area contributed by atoms with Crippen molar-refractivity contribution >= 4 is 11.8 Å². The average Bonchev–Trinajstić information content (AvgIpc) is 3.03. The van der Waals surface area contributed by atoms with Gasteiger partial charge < -0.3 is 9.47 Å². The first-order chi connectivity index (χ1) is 8.34. The van der Waals surface area contributed by atoms with E-state index >= 15 is 0 Å². The smallest absolute Gasteiger partial charge is 0.216 e. The highest BCUT2D eigenvalue weighted by Crippen LogP contribution is 2.17. The molecule has 17 heavy (non-hydrogen) atoms. The third-order valence-corrected chi connectivity index (χ3v) is 2.89. The molecule has 2 aliphatic rings. The Labute approximate surface area is 100.0 Å². The lowest BCUT2D eigenvalue weighted by Crippen LogP contribution is -2.07.